The van der Waals surface area contributed by atoms with E-state index in [0.29, 0.717) is 42.9 Å². The fourth-order valence-corrected chi connectivity index (χ4v) is 5.75. The summed E-state index contributed by atoms with van der Waals surface area (Å²) in [5, 5.41) is 13.4. The van der Waals surface area contributed by atoms with E-state index in [-0.39, 0.29) is 23.7 Å². The van der Waals surface area contributed by atoms with Gasteiger partial charge in [0.1, 0.15) is 11.1 Å². The van der Waals surface area contributed by atoms with E-state index in [4.69, 9.17) is 0 Å². The molecule has 5 rings (SSSR count). The van der Waals surface area contributed by atoms with E-state index in [1.807, 2.05) is 35.2 Å². The normalized spacial score (nSPS) is 18.8. The number of aryl methyl sites for hydroxylation is 1. The standard InChI is InChI=1S/C26H24N4O2S/c27-14-22-19-10-12-30(24(31)9-8-17-5-4-11-28-15-17)16-23(19)33-26(22)29-25(32)21-13-20(21)18-6-2-1-3-7-18/h1-7,11,15,20-21H,8-10,12-13,16H2,(H,29,32). The van der Waals surface area contributed by atoms with Crippen molar-refractivity contribution in [3.63, 3.8) is 0 Å². The quantitative estimate of drug-likeness (QED) is 0.600. The monoisotopic (exact) mass is 456 g/mol. The number of fused-ring (bicyclic) bond motifs is 1. The van der Waals surface area contributed by atoms with Crippen LogP contribution in [0.1, 0.15) is 45.9 Å². The maximum Gasteiger partial charge on any atom is 0.228 e. The number of rotatable bonds is 6. The molecule has 2 aromatic heterocycles. The molecule has 6 nitrogen and oxygen atoms in total. The van der Waals surface area contributed by atoms with Crippen LogP contribution in [-0.2, 0) is 29.0 Å². The lowest BCUT2D eigenvalue weighted by atomic mass is 10.0. The summed E-state index contributed by atoms with van der Waals surface area (Å²) in [4.78, 5) is 32.6. The minimum Gasteiger partial charge on any atom is -0.337 e. The molecular weight excluding hydrogens is 432 g/mol. The van der Waals surface area contributed by atoms with E-state index in [1.54, 1.807) is 12.4 Å². The first-order chi connectivity index (χ1) is 16.1. The van der Waals surface area contributed by atoms with Crippen molar-refractivity contribution in [3.05, 3.63) is 82.0 Å². The lowest BCUT2D eigenvalue weighted by Crippen LogP contribution is -2.35. The summed E-state index contributed by atoms with van der Waals surface area (Å²) in [6.45, 7) is 1.09. The molecule has 1 saturated carbocycles. The lowest BCUT2D eigenvalue weighted by Gasteiger charge is -2.27. The second-order valence-electron chi connectivity index (χ2n) is 8.59. The largest absolute Gasteiger partial charge is 0.337 e. The van der Waals surface area contributed by atoms with Gasteiger partial charge in [0, 0.05) is 36.2 Å². The smallest absolute Gasteiger partial charge is 0.228 e. The van der Waals surface area contributed by atoms with Gasteiger partial charge in [0.25, 0.3) is 0 Å². The minimum absolute atomic E-state index is 0.0247. The van der Waals surface area contributed by atoms with Gasteiger partial charge in [0.05, 0.1) is 12.1 Å². The second kappa shape index (κ2) is 9.16. The molecule has 2 unspecified atom stereocenters. The molecule has 2 aliphatic rings. The van der Waals surface area contributed by atoms with Crippen molar-refractivity contribution in [2.24, 2.45) is 5.92 Å². The van der Waals surface area contributed by atoms with Crippen molar-refractivity contribution >= 4 is 28.2 Å². The number of anilines is 1. The molecule has 3 aromatic rings. The number of nitrogens with zero attached hydrogens (tertiary/aromatic N) is 3. The first-order valence-electron chi connectivity index (χ1n) is 11.2. The zero-order valence-corrected chi connectivity index (χ0v) is 19.0. The first kappa shape index (κ1) is 21.4. The van der Waals surface area contributed by atoms with Gasteiger partial charge in [0.2, 0.25) is 11.8 Å². The van der Waals surface area contributed by atoms with Gasteiger partial charge in [-0.3, -0.25) is 14.6 Å². The van der Waals surface area contributed by atoms with Gasteiger partial charge in [-0.25, -0.2) is 0 Å². The predicted molar refractivity (Wildman–Crippen MR) is 127 cm³/mol. The molecule has 3 heterocycles. The van der Waals surface area contributed by atoms with E-state index >= 15 is 0 Å². The van der Waals surface area contributed by atoms with Crippen molar-refractivity contribution in [3.8, 4) is 6.07 Å². The van der Waals surface area contributed by atoms with Gasteiger partial charge in [0.15, 0.2) is 0 Å². The molecule has 0 spiro atoms. The average Bonchev–Trinajstić information content (AvgIpc) is 3.59. The molecule has 1 aromatic carbocycles. The number of thiophene rings is 1. The molecule has 166 valence electrons. The van der Waals surface area contributed by atoms with E-state index < -0.39 is 0 Å². The third kappa shape index (κ3) is 4.53. The molecule has 1 aliphatic heterocycles. The summed E-state index contributed by atoms with van der Waals surface area (Å²) < 4.78 is 0. The zero-order valence-electron chi connectivity index (χ0n) is 18.2. The number of aromatic nitrogens is 1. The third-order valence-electron chi connectivity index (χ3n) is 6.46. The molecule has 0 bridgehead atoms. The molecule has 0 radical (unpaired) electrons. The molecule has 1 fully saturated rings. The van der Waals surface area contributed by atoms with Crippen LogP contribution in [0.5, 0.6) is 0 Å². The van der Waals surface area contributed by atoms with E-state index in [9.17, 15) is 14.9 Å². The molecule has 2 atom stereocenters. The van der Waals surface area contributed by atoms with Crippen molar-refractivity contribution in [1.82, 2.24) is 9.88 Å². The van der Waals surface area contributed by atoms with Gasteiger partial charge < -0.3 is 10.2 Å². The zero-order chi connectivity index (χ0) is 22.8. The van der Waals surface area contributed by atoms with Crippen LogP contribution in [0.25, 0.3) is 0 Å². The Labute approximate surface area is 196 Å². The summed E-state index contributed by atoms with van der Waals surface area (Å²) in [5.41, 5.74) is 3.77. The maximum absolute atomic E-state index is 12.8. The summed E-state index contributed by atoms with van der Waals surface area (Å²) in [5.74, 6) is 0.275. The molecule has 33 heavy (non-hydrogen) atoms. The van der Waals surface area contributed by atoms with Crippen LogP contribution in [0.15, 0.2) is 54.9 Å². The van der Waals surface area contributed by atoms with E-state index in [1.165, 1.54) is 16.9 Å². The highest BCUT2D eigenvalue weighted by Crippen LogP contribution is 2.48. The molecule has 7 heteroatoms. The van der Waals surface area contributed by atoms with Crippen molar-refractivity contribution in [2.45, 2.75) is 38.1 Å². The van der Waals surface area contributed by atoms with Crippen LogP contribution in [0, 0.1) is 17.2 Å². The van der Waals surface area contributed by atoms with Gasteiger partial charge in [-0.1, -0.05) is 36.4 Å². The van der Waals surface area contributed by atoms with Gasteiger partial charge >= 0.3 is 0 Å². The van der Waals surface area contributed by atoms with Crippen LogP contribution in [-0.4, -0.2) is 28.2 Å². The predicted octanol–water partition coefficient (Wildman–Crippen LogP) is 4.27. The highest BCUT2D eigenvalue weighted by atomic mass is 32.1. The van der Waals surface area contributed by atoms with Crippen LogP contribution < -0.4 is 5.32 Å². The van der Waals surface area contributed by atoms with Crippen molar-refractivity contribution < 1.29 is 9.59 Å². The van der Waals surface area contributed by atoms with Crippen LogP contribution in [0.2, 0.25) is 0 Å². The molecule has 2 amide bonds. The number of hydrogen-bond donors (Lipinski definition) is 1. The number of nitrogens with one attached hydrogen (secondary N) is 1. The molecule has 1 aliphatic carbocycles. The Hall–Kier alpha value is -3.50. The topological polar surface area (TPSA) is 86.1 Å². The number of carbonyl (C=O) groups is 2. The lowest BCUT2D eigenvalue weighted by molar-refractivity contribution is -0.132. The average molecular weight is 457 g/mol. The maximum atomic E-state index is 12.8. The number of hydrogen-bond acceptors (Lipinski definition) is 5. The molecule has 1 N–H and O–H groups in total. The van der Waals surface area contributed by atoms with E-state index in [0.717, 1.165) is 22.4 Å². The van der Waals surface area contributed by atoms with Gasteiger partial charge in [-0.05, 0) is 47.9 Å². The fourth-order valence-electron chi connectivity index (χ4n) is 4.54. The SMILES string of the molecule is N#Cc1c(NC(=O)C2CC2c2ccccc2)sc2c1CCN(C(=O)CCc1cccnc1)C2. The molecule has 0 saturated heterocycles. The Bertz CT molecular complexity index is 1220. The molecular formula is C26H24N4O2S. The Morgan fingerprint density at radius 3 is 2.82 bits per heavy atom. The minimum atomic E-state index is -0.0522. The van der Waals surface area contributed by atoms with Crippen LogP contribution in [0.3, 0.4) is 0 Å². The number of nitriles is 1. The highest BCUT2D eigenvalue weighted by molar-refractivity contribution is 7.16. The van der Waals surface area contributed by atoms with E-state index in [2.05, 4.69) is 28.5 Å². The van der Waals surface area contributed by atoms with Gasteiger partial charge in [-0.15, -0.1) is 11.3 Å². The second-order valence-corrected chi connectivity index (χ2v) is 9.70. The highest BCUT2D eigenvalue weighted by Gasteiger charge is 2.44. The Balaban J connectivity index is 1.23. The number of benzene rings is 1. The number of pyridine rings is 1. The Morgan fingerprint density at radius 2 is 2.06 bits per heavy atom. The number of carbonyl (C=O) groups excluding carboxylic acids is 2. The summed E-state index contributed by atoms with van der Waals surface area (Å²) in [7, 11) is 0. The third-order valence-corrected chi connectivity index (χ3v) is 7.60. The van der Waals surface area contributed by atoms with Crippen molar-refractivity contribution in [2.75, 3.05) is 11.9 Å². The summed E-state index contributed by atoms with van der Waals surface area (Å²) >= 11 is 1.43. The number of amides is 2. The van der Waals surface area contributed by atoms with Crippen LogP contribution >= 0.6 is 11.3 Å². The van der Waals surface area contributed by atoms with Crippen molar-refractivity contribution in [1.29, 1.82) is 5.26 Å². The first-order valence-corrected chi connectivity index (χ1v) is 12.0. The van der Waals surface area contributed by atoms with Gasteiger partial charge in [-0.2, -0.15) is 5.26 Å². The Morgan fingerprint density at radius 1 is 1.21 bits per heavy atom. The summed E-state index contributed by atoms with van der Waals surface area (Å²) in [6, 6.07) is 16.2. The Kier molecular flexibility index (Phi) is 5.93. The fraction of sp³-hybridized carbons (Fsp3) is 0.308. The van der Waals surface area contributed by atoms with Crippen LogP contribution in [0.4, 0.5) is 5.00 Å². The summed E-state index contributed by atoms with van der Waals surface area (Å²) in [6.07, 6.45) is 6.08.